The predicted molar refractivity (Wildman–Crippen MR) is 109 cm³/mol. The van der Waals surface area contributed by atoms with Crippen LogP contribution in [0.15, 0.2) is 51.9 Å². The first-order valence-corrected chi connectivity index (χ1v) is 10.9. The second kappa shape index (κ2) is 8.57. The third-order valence-electron chi connectivity index (χ3n) is 4.44. The number of nitrogens with one attached hydrogen (secondary N) is 1. The Hall–Kier alpha value is -3.00. The Bertz CT molecular complexity index is 1120. The van der Waals surface area contributed by atoms with Crippen molar-refractivity contribution >= 4 is 21.4 Å². The minimum absolute atomic E-state index is 0.0792. The van der Waals surface area contributed by atoms with Crippen LogP contribution in [-0.4, -0.2) is 24.5 Å². The highest BCUT2D eigenvalue weighted by atomic mass is 32.2. The molecule has 0 aliphatic carbocycles. The fraction of sp³-hybridized carbons (Fsp3) is 0.286. The first kappa shape index (κ1) is 20.7. The second-order valence-corrected chi connectivity index (χ2v) is 9.03. The molecule has 29 heavy (non-hydrogen) atoms. The van der Waals surface area contributed by atoms with E-state index >= 15 is 0 Å². The zero-order valence-electron chi connectivity index (χ0n) is 16.6. The van der Waals surface area contributed by atoms with Gasteiger partial charge in [-0.25, -0.2) is 8.42 Å². The molecular formula is C21H23N3O4S. The molecule has 0 radical (unpaired) electrons. The van der Waals surface area contributed by atoms with Crippen LogP contribution in [0, 0.1) is 20.8 Å². The van der Waals surface area contributed by atoms with Crippen LogP contribution >= 0.6 is 0 Å². The summed E-state index contributed by atoms with van der Waals surface area (Å²) in [6.45, 7) is 5.77. The highest BCUT2D eigenvalue weighted by molar-refractivity contribution is 7.90. The number of carbonyl (C=O) groups is 1. The number of anilines is 1. The number of amides is 1. The Balaban J connectivity index is 1.58. The van der Waals surface area contributed by atoms with Gasteiger partial charge >= 0.3 is 0 Å². The number of nitrogens with zero attached hydrogens (tertiary/aromatic N) is 2. The summed E-state index contributed by atoms with van der Waals surface area (Å²) >= 11 is 0. The third kappa shape index (κ3) is 5.51. The average Bonchev–Trinajstić information content (AvgIpc) is 3.10. The average molecular weight is 413 g/mol. The van der Waals surface area contributed by atoms with Gasteiger partial charge in [-0.15, -0.1) is 0 Å². The van der Waals surface area contributed by atoms with Crippen LogP contribution in [0.5, 0.6) is 0 Å². The fourth-order valence-electron chi connectivity index (χ4n) is 2.75. The number of aromatic nitrogens is 2. The van der Waals surface area contributed by atoms with Crippen molar-refractivity contribution in [1.29, 1.82) is 0 Å². The summed E-state index contributed by atoms with van der Waals surface area (Å²) in [7, 11) is -3.56. The van der Waals surface area contributed by atoms with Crippen molar-refractivity contribution in [2.24, 2.45) is 0 Å². The van der Waals surface area contributed by atoms with Crippen molar-refractivity contribution in [2.75, 3.05) is 5.32 Å². The molecule has 1 heterocycles. The molecule has 1 N–H and O–H groups in total. The van der Waals surface area contributed by atoms with Gasteiger partial charge in [-0.05, 0) is 50.1 Å². The minimum Gasteiger partial charge on any atom is -0.339 e. The van der Waals surface area contributed by atoms with Crippen LogP contribution in [0.4, 0.5) is 5.69 Å². The molecule has 1 amide bonds. The summed E-state index contributed by atoms with van der Waals surface area (Å²) in [6.07, 6.45) is 0.383. The molecule has 7 nitrogen and oxygen atoms in total. The molecule has 0 saturated heterocycles. The molecule has 1 aromatic heterocycles. The van der Waals surface area contributed by atoms with E-state index in [4.69, 9.17) is 4.52 Å². The SMILES string of the molecule is Cc1ccc(S(=O)(=O)Cc2noc(CCC(=O)Nc3cc(C)ccc3C)n2)cc1. The van der Waals surface area contributed by atoms with Gasteiger partial charge < -0.3 is 9.84 Å². The Morgan fingerprint density at radius 2 is 1.72 bits per heavy atom. The number of benzene rings is 2. The zero-order chi connectivity index (χ0) is 21.0. The molecule has 0 bridgehead atoms. The quantitative estimate of drug-likeness (QED) is 0.636. The summed E-state index contributed by atoms with van der Waals surface area (Å²) in [4.78, 5) is 16.5. The molecule has 0 unspecified atom stereocenters. The van der Waals surface area contributed by atoms with Gasteiger partial charge in [0.1, 0.15) is 5.75 Å². The normalized spacial score (nSPS) is 11.4. The van der Waals surface area contributed by atoms with Crippen molar-refractivity contribution in [3.8, 4) is 0 Å². The van der Waals surface area contributed by atoms with Crippen LogP contribution in [0.3, 0.4) is 0 Å². The maximum atomic E-state index is 12.5. The number of aryl methyl sites for hydroxylation is 4. The number of hydrogen-bond acceptors (Lipinski definition) is 6. The van der Waals surface area contributed by atoms with Crippen LogP contribution in [0.1, 0.15) is 34.8 Å². The summed E-state index contributed by atoms with van der Waals surface area (Å²) in [5.41, 5.74) is 3.78. The molecule has 3 aromatic rings. The molecule has 0 spiro atoms. The van der Waals surface area contributed by atoms with Crippen molar-refractivity contribution in [1.82, 2.24) is 10.1 Å². The molecule has 0 atom stereocenters. The maximum absolute atomic E-state index is 12.5. The zero-order valence-corrected chi connectivity index (χ0v) is 17.4. The fourth-order valence-corrected chi connectivity index (χ4v) is 3.93. The van der Waals surface area contributed by atoms with Gasteiger partial charge in [0.25, 0.3) is 0 Å². The molecule has 0 fully saturated rings. The Labute approximate surface area is 170 Å². The van der Waals surface area contributed by atoms with Crippen molar-refractivity contribution < 1.29 is 17.7 Å². The number of hydrogen-bond donors (Lipinski definition) is 1. The van der Waals surface area contributed by atoms with Gasteiger partial charge in [0.15, 0.2) is 15.7 Å². The molecule has 8 heteroatoms. The van der Waals surface area contributed by atoms with Crippen molar-refractivity contribution in [3.05, 3.63) is 70.9 Å². The highest BCUT2D eigenvalue weighted by Crippen LogP contribution is 2.18. The second-order valence-electron chi connectivity index (χ2n) is 7.04. The number of rotatable bonds is 7. The smallest absolute Gasteiger partial charge is 0.227 e. The van der Waals surface area contributed by atoms with Crippen LogP contribution in [0.25, 0.3) is 0 Å². The van der Waals surface area contributed by atoms with E-state index in [0.717, 1.165) is 22.4 Å². The summed E-state index contributed by atoms with van der Waals surface area (Å²) < 4.78 is 30.0. The van der Waals surface area contributed by atoms with E-state index in [-0.39, 0.29) is 41.1 Å². The predicted octanol–water partition coefficient (Wildman–Crippen LogP) is 3.54. The molecule has 0 aliphatic rings. The van der Waals surface area contributed by atoms with Gasteiger partial charge in [0, 0.05) is 18.5 Å². The molecular weight excluding hydrogens is 390 g/mol. The van der Waals surface area contributed by atoms with E-state index in [1.165, 1.54) is 0 Å². The summed E-state index contributed by atoms with van der Waals surface area (Å²) in [5.74, 6) is -0.217. The Kier molecular flexibility index (Phi) is 6.12. The third-order valence-corrected chi connectivity index (χ3v) is 6.07. The minimum atomic E-state index is -3.56. The van der Waals surface area contributed by atoms with Gasteiger partial charge in [-0.3, -0.25) is 4.79 Å². The highest BCUT2D eigenvalue weighted by Gasteiger charge is 2.19. The van der Waals surface area contributed by atoms with E-state index in [1.807, 2.05) is 39.0 Å². The molecule has 152 valence electrons. The first-order valence-electron chi connectivity index (χ1n) is 9.21. The van der Waals surface area contributed by atoms with Gasteiger partial charge in [-0.2, -0.15) is 4.98 Å². The lowest BCUT2D eigenvalue weighted by Gasteiger charge is -2.08. The van der Waals surface area contributed by atoms with Gasteiger partial charge in [0.2, 0.25) is 11.8 Å². The lowest BCUT2D eigenvalue weighted by Crippen LogP contribution is -2.13. The van der Waals surface area contributed by atoms with Gasteiger partial charge in [-0.1, -0.05) is 35.0 Å². The van der Waals surface area contributed by atoms with E-state index in [2.05, 4.69) is 15.5 Å². The molecule has 2 aromatic carbocycles. The van der Waals surface area contributed by atoms with Crippen LogP contribution < -0.4 is 5.32 Å². The topological polar surface area (TPSA) is 102 Å². The van der Waals surface area contributed by atoms with Crippen molar-refractivity contribution in [2.45, 2.75) is 44.3 Å². The first-order chi connectivity index (χ1) is 13.7. The van der Waals surface area contributed by atoms with Crippen LogP contribution in [-0.2, 0) is 26.8 Å². The van der Waals surface area contributed by atoms with Crippen molar-refractivity contribution in [3.63, 3.8) is 0 Å². The number of carbonyl (C=O) groups excluding carboxylic acids is 1. The lowest BCUT2D eigenvalue weighted by atomic mass is 10.1. The summed E-state index contributed by atoms with van der Waals surface area (Å²) in [5, 5.41) is 6.60. The maximum Gasteiger partial charge on any atom is 0.227 e. The van der Waals surface area contributed by atoms with E-state index in [1.54, 1.807) is 24.3 Å². The summed E-state index contributed by atoms with van der Waals surface area (Å²) in [6, 6.07) is 12.4. The van der Waals surface area contributed by atoms with E-state index in [0.29, 0.717) is 0 Å². The largest absolute Gasteiger partial charge is 0.339 e. The standard InChI is InChI=1S/C21H23N3O4S/c1-14-5-8-17(9-6-14)29(26,27)13-19-23-21(28-24-19)11-10-20(25)22-18-12-15(2)4-7-16(18)3/h4-9,12H,10-11,13H2,1-3H3,(H,22,25). The van der Waals surface area contributed by atoms with E-state index in [9.17, 15) is 13.2 Å². The van der Waals surface area contributed by atoms with E-state index < -0.39 is 9.84 Å². The van der Waals surface area contributed by atoms with Gasteiger partial charge in [0.05, 0.1) is 4.90 Å². The Morgan fingerprint density at radius 3 is 2.45 bits per heavy atom. The number of sulfone groups is 1. The molecule has 3 rings (SSSR count). The monoisotopic (exact) mass is 413 g/mol. The lowest BCUT2D eigenvalue weighted by molar-refractivity contribution is -0.116. The van der Waals surface area contributed by atoms with Crippen LogP contribution in [0.2, 0.25) is 0 Å². The molecule has 0 saturated carbocycles. The Morgan fingerprint density at radius 1 is 1.03 bits per heavy atom. The molecule has 0 aliphatic heterocycles.